The molecule has 3 aliphatic rings. The van der Waals surface area contributed by atoms with Gasteiger partial charge in [0.2, 0.25) is 0 Å². The molecule has 5 rings (SSSR count). The Kier molecular flexibility index (Phi) is 6.06. The van der Waals surface area contributed by atoms with Gasteiger partial charge in [0, 0.05) is 5.56 Å². The molecule has 10 nitrogen and oxygen atoms in total. The number of ether oxygens (including phenoxy) is 3. The topological polar surface area (TPSA) is 115 Å². The van der Waals surface area contributed by atoms with Crippen molar-refractivity contribution in [3.63, 3.8) is 0 Å². The number of hydrazone groups is 1. The molecule has 0 saturated heterocycles. The molecule has 3 heterocycles. The molecule has 202 valence electrons. The van der Waals surface area contributed by atoms with Crippen LogP contribution in [0.3, 0.4) is 0 Å². The minimum Gasteiger partial charge on any atom is -0.468 e. The van der Waals surface area contributed by atoms with E-state index in [1.165, 1.54) is 4.90 Å². The Hall–Kier alpha value is -4.52. The molecule has 13 heteroatoms. The summed E-state index contributed by atoms with van der Waals surface area (Å²) in [5.41, 5.74) is -2.93. The van der Waals surface area contributed by atoms with E-state index < -0.39 is 59.3 Å². The molecule has 3 aliphatic heterocycles. The van der Waals surface area contributed by atoms with Gasteiger partial charge in [0.15, 0.2) is 5.54 Å². The van der Waals surface area contributed by atoms with E-state index in [-0.39, 0.29) is 17.0 Å². The zero-order valence-corrected chi connectivity index (χ0v) is 20.7. The van der Waals surface area contributed by atoms with Gasteiger partial charge in [0.25, 0.3) is 5.91 Å². The third-order valence-electron chi connectivity index (χ3n) is 6.96. The van der Waals surface area contributed by atoms with E-state index in [4.69, 9.17) is 14.2 Å². The van der Waals surface area contributed by atoms with E-state index in [0.29, 0.717) is 11.1 Å². The van der Waals surface area contributed by atoms with E-state index in [0.717, 1.165) is 50.6 Å². The molecule has 0 aliphatic carbocycles. The van der Waals surface area contributed by atoms with Crippen molar-refractivity contribution >= 4 is 35.2 Å². The first-order chi connectivity index (χ1) is 18.5. The molecule has 0 fully saturated rings. The van der Waals surface area contributed by atoms with Gasteiger partial charge in [0.1, 0.15) is 5.71 Å². The minimum absolute atomic E-state index is 0.0116. The standard InChI is InChI=1S/C26H20F3N3O7/c1-37-17(33)12-31-20-15-6-4-5-7-16(15)21-25(31,19(23(35)39-3)18(20)22(34)38-2)24(36)32(30-21)14-10-8-13(9-11-14)26(27,28)29/h4-11,20H,12H2,1-3H3/t20-,25-/m0/s1. The maximum Gasteiger partial charge on any atom is 0.416 e. The number of hydrogen-bond acceptors (Lipinski definition) is 9. The van der Waals surface area contributed by atoms with Crippen LogP contribution in [0.2, 0.25) is 0 Å². The first-order valence-electron chi connectivity index (χ1n) is 11.5. The Morgan fingerprint density at radius 3 is 2.18 bits per heavy atom. The third kappa shape index (κ3) is 3.56. The molecule has 2 atom stereocenters. The van der Waals surface area contributed by atoms with Gasteiger partial charge in [-0.2, -0.15) is 23.3 Å². The highest BCUT2D eigenvalue weighted by Crippen LogP contribution is 2.56. The molecule has 0 aromatic heterocycles. The van der Waals surface area contributed by atoms with Crippen LogP contribution < -0.4 is 5.01 Å². The lowest BCUT2D eigenvalue weighted by Crippen LogP contribution is -2.63. The number of carbonyl (C=O) groups is 4. The number of hydrogen-bond donors (Lipinski definition) is 0. The van der Waals surface area contributed by atoms with Gasteiger partial charge in [-0.05, 0) is 29.8 Å². The molecule has 1 spiro atoms. The van der Waals surface area contributed by atoms with Gasteiger partial charge >= 0.3 is 24.1 Å². The summed E-state index contributed by atoms with van der Waals surface area (Å²) in [6, 6.07) is 9.18. The molecule has 39 heavy (non-hydrogen) atoms. The lowest BCUT2D eigenvalue weighted by molar-refractivity contribution is -0.146. The van der Waals surface area contributed by atoms with Crippen molar-refractivity contribution in [3.8, 4) is 0 Å². The van der Waals surface area contributed by atoms with Crippen molar-refractivity contribution in [1.29, 1.82) is 0 Å². The number of benzene rings is 2. The number of carbonyl (C=O) groups excluding carboxylic acids is 4. The smallest absolute Gasteiger partial charge is 0.416 e. The summed E-state index contributed by atoms with van der Waals surface area (Å²) in [6.45, 7) is -0.553. The monoisotopic (exact) mass is 543 g/mol. The van der Waals surface area contributed by atoms with Crippen LogP contribution >= 0.6 is 0 Å². The van der Waals surface area contributed by atoms with Crippen molar-refractivity contribution in [1.82, 2.24) is 4.90 Å². The van der Waals surface area contributed by atoms with Crippen LogP contribution in [0, 0.1) is 0 Å². The average molecular weight is 543 g/mol. The minimum atomic E-state index is -4.61. The van der Waals surface area contributed by atoms with Gasteiger partial charge in [-0.25, -0.2) is 9.59 Å². The van der Waals surface area contributed by atoms with E-state index in [9.17, 15) is 32.3 Å². The van der Waals surface area contributed by atoms with Crippen LogP contribution in [-0.2, 0) is 39.6 Å². The van der Waals surface area contributed by atoms with Crippen LogP contribution in [0.5, 0.6) is 0 Å². The summed E-state index contributed by atoms with van der Waals surface area (Å²) >= 11 is 0. The second-order valence-electron chi connectivity index (χ2n) is 8.79. The molecule has 0 saturated carbocycles. The molecule has 0 N–H and O–H groups in total. The zero-order valence-electron chi connectivity index (χ0n) is 20.7. The number of anilines is 1. The van der Waals surface area contributed by atoms with Crippen molar-refractivity contribution in [3.05, 3.63) is 76.4 Å². The maximum atomic E-state index is 14.4. The van der Waals surface area contributed by atoms with E-state index >= 15 is 0 Å². The number of methoxy groups -OCH3 is 3. The van der Waals surface area contributed by atoms with Crippen LogP contribution in [0.15, 0.2) is 64.8 Å². The Bertz CT molecular complexity index is 1480. The lowest BCUT2D eigenvalue weighted by atomic mass is 9.78. The molecular weight excluding hydrogens is 523 g/mol. The van der Waals surface area contributed by atoms with Gasteiger partial charge in [0.05, 0.1) is 56.3 Å². The summed E-state index contributed by atoms with van der Waals surface area (Å²) < 4.78 is 54.4. The Morgan fingerprint density at radius 2 is 1.59 bits per heavy atom. The normalized spacial score (nSPS) is 21.8. The summed E-state index contributed by atoms with van der Waals surface area (Å²) in [5.74, 6) is -3.67. The highest BCUT2D eigenvalue weighted by Gasteiger charge is 2.71. The van der Waals surface area contributed by atoms with Crippen molar-refractivity contribution in [2.45, 2.75) is 17.8 Å². The predicted octanol–water partition coefficient (Wildman–Crippen LogP) is 2.38. The fourth-order valence-corrected chi connectivity index (χ4v) is 5.37. The molecule has 0 radical (unpaired) electrons. The number of amides is 1. The fraction of sp³-hybridized carbons (Fsp3) is 0.269. The number of nitrogens with zero attached hydrogens (tertiary/aromatic N) is 3. The van der Waals surface area contributed by atoms with Gasteiger partial charge in [-0.15, -0.1) is 0 Å². The molecule has 1 amide bonds. The molecular formula is C26H20F3N3O7. The van der Waals surface area contributed by atoms with Crippen molar-refractivity contribution < 1.29 is 46.6 Å². The number of rotatable bonds is 5. The first-order valence-corrected chi connectivity index (χ1v) is 11.5. The molecule has 2 aromatic carbocycles. The second kappa shape index (κ2) is 9.05. The van der Waals surface area contributed by atoms with Crippen LogP contribution in [0.1, 0.15) is 22.7 Å². The number of alkyl halides is 3. The number of halogens is 3. The van der Waals surface area contributed by atoms with Crippen molar-refractivity contribution in [2.75, 3.05) is 32.9 Å². The van der Waals surface area contributed by atoms with Gasteiger partial charge in [-0.3, -0.25) is 14.5 Å². The van der Waals surface area contributed by atoms with Crippen LogP contribution in [0.25, 0.3) is 0 Å². The first kappa shape index (κ1) is 26.1. The number of fused-ring (bicyclic) bond motifs is 4. The molecule has 2 aromatic rings. The van der Waals surface area contributed by atoms with Crippen molar-refractivity contribution in [2.24, 2.45) is 5.10 Å². The summed E-state index contributed by atoms with van der Waals surface area (Å²) in [6.07, 6.45) is -4.61. The van der Waals surface area contributed by atoms with E-state index in [1.54, 1.807) is 24.3 Å². The maximum absolute atomic E-state index is 14.4. The summed E-state index contributed by atoms with van der Waals surface area (Å²) in [4.78, 5) is 54.8. The van der Waals surface area contributed by atoms with E-state index in [2.05, 4.69) is 5.10 Å². The summed E-state index contributed by atoms with van der Waals surface area (Å²) in [5, 5.41) is 5.31. The Morgan fingerprint density at radius 1 is 0.949 bits per heavy atom. The third-order valence-corrected chi connectivity index (χ3v) is 6.96. The SMILES string of the molecule is COC(=O)CN1[C@@H]2C(C(=O)OC)=C(C(=O)OC)[C@]13C(=O)N(c1ccc(C(F)(F)F)cc1)N=C3c1ccccc12. The number of esters is 3. The van der Waals surface area contributed by atoms with Gasteiger partial charge in [-0.1, -0.05) is 24.3 Å². The lowest BCUT2D eigenvalue weighted by Gasteiger charge is -2.42. The van der Waals surface area contributed by atoms with Crippen LogP contribution in [-0.4, -0.2) is 67.8 Å². The highest BCUT2D eigenvalue weighted by atomic mass is 19.4. The van der Waals surface area contributed by atoms with Crippen LogP contribution in [0.4, 0.5) is 18.9 Å². The van der Waals surface area contributed by atoms with Gasteiger partial charge < -0.3 is 14.2 Å². The largest absolute Gasteiger partial charge is 0.468 e. The predicted molar refractivity (Wildman–Crippen MR) is 127 cm³/mol. The second-order valence-corrected chi connectivity index (χ2v) is 8.79. The fourth-order valence-electron chi connectivity index (χ4n) is 5.37. The molecule has 2 bridgehead atoms. The molecule has 0 unspecified atom stereocenters. The Labute approximate surface area is 219 Å². The Balaban J connectivity index is 1.82. The van der Waals surface area contributed by atoms with E-state index in [1.807, 2.05) is 0 Å². The highest BCUT2D eigenvalue weighted by molar-refractivity contribution is 6.36. The average Bonchev–Trinajstić information content (AvgIpc) is 3.36. The summed E-state index contributed by atoms with van der Waals surface area (Å²) in [7, 11) is 3.29. The quantitative estimate of drug-likeness (QED) is 0.417. The zero-order chi connectivity index (χ0) is 28.3.